The molecule has 0 saturated carbocycles. The highest BCUT2D eigenvalue weighted by Crippen LogP contribution is 2.18. The fraction of sp³-hybridized carbons (Fsp3) is 0.286. The maximum Gasteiger partial charge on any atom is 0.254 e. The van der Waals surface area contributed by atoms with E-state index < -0.39 is 0 Å². The average Bonchev–Trinajstić information content (AvgIpc) is 3.23. The molecule has 1 aliphatic heterocycles. The van der Waals surface area contributed by atoms with Crippen molar-refractivity contribution in [3.63, 3.8) is 0 Å². The van der Waals surface area contributed by atoms with Gasteiger partial charge < -0.3 is 14.4 Å². The maximum absolute atomic E-state index is 12.8. The number of piperazine rings is 1. The molecular formula is C21H23N5O. The van der Waals surface area contributed by atoms with E-state index in [1.165, 1.54) is 5.56 Å². The molecule has 6 nitrogen and oxygen atoms in total. The number of rotatable bonds is 3. The molecule has 0 spiro atoms. The maximum atomic E-state index is 12.8. The van der Waals surface area contributed by atoms with Crippen LogP contribution in [0.5, 0.6) is 0 Å². The van der Waals surface area contributed by atoms with Crippen LogP contribution in [0, 0.1) is 13.8 Å². The van der Waals surface area contributed by atoms with Crippen molar-refractivity contribution in [1.29, 1.82) is 0 Å². The minimum Gasteiger partial charge on any atom is -0.352 e. The lowest BCUT2D eigenvalue weighted by molar-refractivity contribution is 0.0745. The van der Waals surface area contributed by atoms with Crippen molar-refractivity contribution in [2.24, 2.45) is 0 Å². The number of amides is 1. The lowest BCUT2D eigenvalue weighted by atomic mass is 10.0. The third-order valence-electron chi connectivity index (χ3n) is 5.01. The lowest BCUT2D eigenvalue weighted by Crippen LogP contribution is -2.49. The van der Waals surface area contributed by atoms with E-state index in [0.29, 0.717) is 13.1 Å². The van der Waals surface area contributed by atoms with Crippen LogP contribution in [0.4, 0.5) is 5.82 Å². The van der Waals surface area contributed by atoms with Crippen molar-refractivity contribution in [2.75, 3.05) is 31.1 Å². The number of aryl methyl sites for hydroxylation is 2. The molecule has 0 N–H and O–H groups in total. The van der Waals surface area contributed by atoms with E-state index in [-0.39, 0.29) is 5.91 Å². The second-order valence-electron chi connectivity index (χ2n) is 6.94. The first-order valence-electron chi connectivity index (χ1n) is 9.20. The molecule has 2 aromatic heterocycles. The Kier molecular flexibility index (Phi) is 4.62. The van der Waals surface area contributed by atoms with E-state index in [0.717, 1.165) is 35.9 Å². The zero-order chi connectivity index (χ0) is 18.8. The first-order valence-corrected chi connectivity index (χ1v) is 9.20. The molecule has 0 unspecified atom stereocenters. The van der Waals surface area contributed by atoms with Gasteiger partial charge in [0.05, 0.1) is 0 Å². The van der Waals surface area contributed by atoms with Crippen molar-refractivity contribution in [2.45, 2.75) is 13.8 Å². The number of nitrogens with zero attached hydrogens (tertiary/aromatic N) is 5. The minimum absolute atomic E-state index is 0.112. The summed E-state index contributed by atoms with van der Waals surface area (Å²) in [5.41, 5.74) is 3.01. The van der Waals surface area contributed by atoms with Gasteiger partial charge in [-0.05, 0) is 49.7 Å². The molecule has 4 rings (SSSR count). The number of carbonyl (C=O) groups is 1. The van der Waals surface area contributed by atoms with Crippen LogP contribution in [0.3, 0.4) is 0 Å². The summed E-state index contributed by atoms with van der Waals surface area (Å²) < 4.78 is 1.93. The summed E-state index contributed by atoms with van der Waals surface area (Å²) in [4.78, 5) is 16.9. The summed E-state index contributed by atoms with van der Waals surface area (Å²) in [6.45, 7) is 6.93. The SMILES string of the molecule is Cc1ccc(C(=O)N2CCN(c3ccc(-n4cccc4)nn3)CC2)c(C)c1. The molecule has 3 heterocycles. The zero-order valence-electron chi connectivity index (χ0n) is 15.7. The molecule has 3 aromatic rings. The van der Waals surface area contributed by atoms with Crippen LogP contribution in [0.25, 0.3) is 5.82 Å². The number of hydrogen-bond acceptors (Lipinski definition) is 4. The number of anilines is 1. The van der Waals surface area contributed by atoms with E-state index in [2.05, 4.69) is 21.2 Å². The molecule has 138 valence electrons. The van der Waals surface area contributed by atoms with Gasteiger partial charge >= 0.3 is 0 Å². The first-order chi connectivity index (χ1) is 13.1. The van der Waals surface area contributed by atoms with Gasteiger partial charge in [0.2, 0.25) is 0 Å². The quantitative estimate of drug-likeness (QED) is 0.720. The van der Waals surface area contributed by atoms with Gasteiger partial charge in [-0.3, -0.25) is 4.79 Å². The standard InChI is InChI=1S/C21H23N5O/c1-16-5-6-18(17(2)15-16)21(27)26-13-11-25(12-14-26)20-8-7-19(22-23-20)24-9-3-4-10-24/h3-10,15H,11-14H2,1-2H3. The molecule has 1 aromatic carbocycles. The van der Waals surface area contributed by atoms with Crippen molar-refractivity contribution < 1.29 is 4.79 Å². The predicted octanol–water partition coefficient (Wildman–Crippen LogP) is 2.85. The summed E-state index contributed by atoms with van der Waals surface area (Å²) in [5.74, 6) is 1.76. The highest BCUT2D eigenvalue weighted by molar-refractivity contribution is 5.95. The Balaban J connectivity index is 1.40. The van der Waals surface area contributed by atoms with Gasteiger partial charge in [0, 0.05) is 44.1 Å². The zero-order valence-corrected chi connectivity index (χ0v) is 15.7. The van der Waals surface area contributed by atoms with E-state index in [1.807, 2.05) is 72.1 Å². The van der Waals surface area contributed by atoms with Crippen LogP contribution in [0.15, 0.2) is 54.9 Å². The normalized spacial score (nSPS) is 14.4. The summed E-state index contributed by atoms with van der Waals surface area (Å²) in [6, 6.07) is 13.9. The third kappa shape index (κ3) is 3.56. The van der Waals surface area contributed by atoms with Crippen LogP contribution in [-0.4, -0.2) is 51.8 Å². The Morgan fingerprint density at radius 3 is 2.19 bits per heavy atom. The Morgan fingerprint density at radius 2 is 1.56 bits per heavy atom. The average molecular weight is 361 g/mol. The van der Waals surface area contributed by atoms with Gasteiger partial charge in [-0.1, -0.05) is 17.7 Å². The molecule has 1 amide bonds. The Labute approximate surface area is 159 Å². The molecule has 6 heteroatoms. The highest BCUT2D eigenvalue weighted by atomic mass is 16.2. The van der Waals surface area contributed by atoms with Crippen LogP contribution < -0.4 is 4.90 Å². The van der Waals surface area contributed by atoms with E-state index in [1.54, 1.807) is 0 Å². The minimum atomic E-state index is 0.112. The fourth-order valence-corrected chi connectivity index (χ4v) is 3.47. The monoisotopic (exact) mass is 361 g/mol. The fourth-order valence-electron chi connectivity index (χ4n) is 3.47. The highest BCUT2D eigenvalue weighted by Gasteiger charge is 2.24. The smallest absolute Gasteiger partial charge is 0.254 e. The van der Waals surface area contributed by atoms with Crippen molar-refractivity contribution >= 4 is 11.7 Å². The molecule has 0 radical (unpaired) electrons. The summed E-state index contributed by atoms with van der Waals surface area (Å²) in [7, 11) is 0. The van der Waals surface area contributed by atoms with Crippen molar-refractivity contribution in [3.8, 4) is 5.82 Å². The second-order valence-corrected chi connectivity index (χ2v) is 6.94. The van der Waals surface area contributed by atoms with Gasteiger partial charge in [-0.25, -0.2) is 0 Å². The summed E-state index contributed by atoms with van der Waals surface area (Å²) in [5, 5.41) is 8.67. The van der Waals surface area contributed by atoms with Gasteiger partial charge in [0.25, 0.3) is 5.91 Å². The van der Waals surface area contributed by atoms with E-state index in [9.17, 15) is 4.79 Å². The second kappa shape index (κ2) is 7.23. The Hall–Kier alpha value is -3.15. The molecule has 1 fully saturated rings. The predicted molar refractivity (Wildman–Crippen MR) is 105 cm³/mol. The lowest BCUT2D eigenvalue weighted by Gasteiger charge is -2.35. The van der Waals surface area contributed by atoms with Gasteiger partial charge in [-0.2, -0.15) is 0 Å². The largest absolute Gasteiger partial charge is 0.352 e. The Bertz CT molecular complexity index is 926. The molecule has 0 bridgehead atoms. The van der Waals surface area contributed by atoms with Gasteiger partial charge in [0.1, 0.15) is 0 Å². The Morgan fingerprint density at radius 1 is 0.889 bits per heavy atom. The van der Waals surface area contributed by atoms with Crippen LogP contribution in [0.1, 0.15) is 21.5 Å². The molecular weight excluding hydrogens is 338 g/mol. The molecule has 1 saturated heterocycles. The van der Waals surface area contributed by atoms with E-state index in [4.69, 9.17) is 0 Å². The van der Waals surface area contributed by atoms with Gasteiger partial charge in [0.15, 0.2) is 11.6 Å². The molecule has 0 aliphatic carbocycles. The number of hydrogen-bond donors (Lipinski definition) is 0. The topological polar surface area (TPSA) is 54.3 Å². The molecule has 27 heavy (non-hydrogen) atoms. The first kappa shape index (κ1) is 17.3. The van der Waals surface area contributed by atoms with Gasteiger partial charge in [-0.15, -0.1) is 10.2 Å². The third-order valence-corrected chi connectivity index (χ3v) is 5.01. The molecule has 0 atom stereocenters. The van der Waals surface area contributed by atoms with Crippen molar-refractivity contribution in [1.82, 2.24) is 19.7 Å². The summed E-state index contributed by atoms with van der Waals surface area (Å²) >= 11 is 0. The van der Waals surface area contributed by atoms with E-state index >= 15 is 0 Å². The number of benzene rings is 1. The summed E-state index contributed by atoms with van der Waals surface area (Å²) in [6.07, 6.45) is 3.89. The van der Waals surface area contributed by atoms with Crippen molar-refractivity contribution in [3.05, 3.63) is 71.5 Å². The number of aromatic nitrogens is 3. The van der Waals surface area contributed by atoms with Crippen LogP contribution >= 0.6 is 0 Å². The number of carbonyl (C=O) groups excluding carboxylic acids is 1. The van der Waals surface area contributed by atoms with Crippen LogP contribution in [-0.2, 0) is 0 Å². The van der Waals surface area contributed by atoms with Crippen LogP contribution in [0.2, 0.25) is 0 Å². The molecule has 1 aliphatic rings.